The van der Waals surface area contributed by atoms with Crippen LogP contribution < -0.4 is 0 Å². The van der Waals surface area contributed by atoms with Crippen molar-refractivity contribution in [3.8, 4) is 0 Å². The molecule has 2 heterocycles. The first kappa shape index (κ1) is 10.7. The molecule has 2 aliphatic rings. The molecule has 2 bridgehead atoms. The molecule has 1 aromatic carbocycles. The molecule has 0 fully saturated rings. The van der Waals surface area contributed by atoms with E-state index in [0.717, 1.165) is 0 Å². The maximum atomic E-state index is 11.7. The van der Waals surface area contributed by atoms with Gasteiger partial charge in [0.2, 0.25) is 0 Å². The Morgan fingerprint density at radius 1 is 1.00 bits per heavy atom. The average molecular weight is 220 g/mol. The van der Waals surface area contributed by atoms with E-state index in [4.69, 9.17) is 9.47 Å². The maximum absolute atomic E-state index is 11.7. The van der Waals surface area contributed by atoms with E-state index in [9.17, 15) is 9.59 Å². The lowest BCUT2D eigenvalue weighted by molar-refractivity contribution is -0.0374. The number of hydrogen-bond acceptors (Lipinski definition) is 4. The SMILES string of the molecule is CC1(C)COC(=O)c2ccc(cc2)C(=O)O1. The van der Waals surface area contributed by atoms with Crippen molar-refractivity contribution in [3.05, 3.63) is 35.4 Å². The first-order valence-electron chi connectivity index (χ1n) is 4.98. The molecule has 0 aromatic heterocycles. The molecule has 0 unspecified atom stereocenters. The zero-order valence-electron chi connectivity index (χ0n) is 9.15. The van der Waals surface area contributed by atoms with Crippen LogP contribution in [0.4, 0.5) is 0 Å². The fraction of sp³-hybridized carbons (Fsp3) is 0.333. The molecule has 0 saturated carbocycles. The van der Waals surface area contributed by atoms with Gasteiger partial charge in [-0.3, -0.25) is 0 Å². The molecule has 0 N–H and O–H groups in total. The van der Waals surface area contributed by atoms with Crippen molar-refractivity contribution in [3.63, 3.8) is 0 Å². The number of fused-ring (bicyclic) bond motifs is 7. The molecule has 0 saturated heterocycles. The van der Waals surface area contributed by atoms with Crippen LogP contribution in [0.3, 0.4) is 0 Å². The smallest absolute Gasteiger partial charge is 0.338 e. The van der Waals surface area contributed by atoms with Gasteiger partial charge in [0.05, 0.1) is 11.1 Å². The van der Waals surface area contributed by atoms with Gasteiger partial charge in [-0.25, -0.2) is 9.59 Å². The molecule has 16 heavy (non-hydrogen) atoms. The van der Waals surface area contributed by atoms with E-state index in [1.807, 2.05) is 0 Å². The topological polar surface area (TPSA) is 52.6 Å². The van der Waals surface area contributed by atoms with Crippen LogP contribution in [0.5, 0.6) is 0 Å². The molecule has 3 rings (SSSR count). The molecule has 1 aromatic rings. The molecule has 0 aliphatic carbocycles. The normalized spacial score (nSPS) is 18.9. The summed E-state index contributed by atoms with van der Waals surface area (Å²) in [6.07, 6.45) is 0. The number of benzene rings is 1. The Bertz CT molecular complexity index is 431. The molecular weight excluding hydrogens is 208 g/mol. The summed E-state index contributed by atoms with van der Waals surface area (Å²) >= 11 is 0. The fourth-order valence-electron chi connectivity index (χ4n) is 1.40. The van der Waals surface area contributed by atoms with Gasteiger partial charge in [0, 0.05) is 0 Å². The van der Waals surface area contributed by atoms with Gasteiger partial charge >= 0.3 is 11.9 Å². The quantitative estimate of drug-likeness (QED) is 0.625. The summed E-state index contributed by atoms with van der Waals surface area (Å²) in [5, 5.41) is 0. The van der Waals surface area contributed by atoms with Crippen LogP contribution in [0.25, 0.3) is 0 Å². The summed E-state index contributed by atoms with van der Waals surface area (Å²) in [6, 6.07) is 6.22. The van der Waals surface area contributed by atoms with Crippen molar-refractivity contribution in [2.24, 2.45) is 0 Å². The average Bonchev–Trinajstić information content (AvgIpc) is 2.25. The van der Waals surface area contributed by atoms with E-state index in [-0.39, 0.29) is 6.61 Å². The summed E-state index contributed by atoms with van der Waals surface area (Å²) < 4.78 is 10.3. The zero-order chi connectivity index (χ0) is 11.8. The van der Waals surface area contributed by atoms with E-state index >= 15 is 0 Å². The predicted octanol–water partition coefficient (Wildman–Crippen LogP) is 1.79. The van der Waals surface area contributed by atoms with Gasteiger partial charge in [0.1, 0.15) is 12.2 Å². The molecule has 0 radical (unpaired) electrons. The minimum Gasteiger partial charge on any atom is -0.458 e. The van der Waals surface area contributed by atoms with Crippen LogP contribution in [0.1, 0.15) is 34.6 Å². The standard InChI is InChI=1S/C12H12O4/c1-12(2)7-15-10(13)8-3-5-9(6-4-8)11(14)16-12/h3-6H,7H2,1-2H3. The fourth-order valence-corrected chi connectivity index (χ4v) is 1.40. The van der Waals surface area contributed by atoms with Crippen molar-refractivity contribution in [1.82, 2.24) is 0 Å². The monoisotopic (exact) mass is 220 g/mol. The number of rotatable bonds is 0. The molecule has 0 spiro atoms. The van der Waals surface area contributed by atoms with Gasteiger partial charge in [-0.2, -0.15) is 0 Å². The van der Waals surface area contributed by atoms with E-state index in [2.05, 4.69) is 0 Å². The Kier molecular flexibility index (Phi) is 2.42. The number of carbonyl (C=O) groups excluding carboxylic acids is 2. The summed E-state index contributed by atoms with van der Waals surface area (Å²) in [4.78, 5) is 23.2. The lowest BCUT2D eigenvalue weighted by Crippen LogP contribution is -2.35. The van der Waals surface area contributed by atoms with Crippen molar-refractivity contribution in [1.29, 1.82) is 0 Å². The summed E-state index contributed by atoms with van der Waals surface area (Å²) in [5.74, 6) is -0.813. The number of ether oxygens (including phenoxy) is 2. The van der Waals surface area contributed by atoms with Gasteiger partial charge in [-0.1, -0.05) is 0 Å². The Labute approximate surface area is 93.2 Å². The Hall–Kier alpha value is -1.84. The number of carbonyl (C=O) groups is 2. The van der Waals surface area contributed by atoms with E-state index in [0.29, 0.717) is 11.1 Å². The molecule has 2 aliphatic heterocycles. The van der Waals surface area contributed by atoms with Crippen LogP contribution in [0, 0.1) is 0 Å². The van der Waals surface area contributed by atoms with Crippen LogP contribution >= 0.6 is 0 Å². The van der Waals surface area contributed by atoms with E-state index < -0.39 is 17.5 Å². The third kappa shape index (κ3) is 2.05. The molecule has 4 nitrogen and oxygen atoms in total. The highest BCUT2D eigenvalue weighted by molar-refractivity contribution is 5.93. The molecule has 0 amide bonds. The third-order valence-electron chi connectivity index (χ3n) is 2.28. The minimum atomic E-state index is -0.806. The first-order chi connectivity index (χ1) is 7.48. The van der Waals surface area contributed by atoms with Gasteiger partial charge < -0.3 is 9.47 Å². The highest BCUT2D eigenvalue weighted by Gasteiger charge is 2.27. The second-order valence-electron chi connectivity index (χ2n) is 4.30. The first-order valence-corrected chi connectivity index (χ1v) is 4.98. The van der Waals surface area contributed by atoms with Gasteiger partial charge in [-0.15, -0.1) is 0 Å². The largest absolute Gasteiger partial charge is 0.458 e. The summed E-state index contributed by atoms with van der Waals surface area (Å²) in [6.45, 7) is 3.45. The highest BCUT2D eigenvalue weighted by atomic mass is 16.6. The van der Waals surface area contributed by atoms with Crippen LogP contribution in [-0.4, -0.2) is 24.1 Å². The Morgan fingerprint density at radius 3 is 2.06 bits per heavy atom. The maximum Gasteiger partial charge on any atom is 0.338 e. The van der Waals surface area contributed by atoms with Gasteiger partial charge in [-0.05, 0) is 38.1 Å². The van der Waals surface area contributed by atoms with Crippen molar-refractivity contribution < 1.29 is 19.1 Å². The predicted molar refractivity (Wildman–Crippen MR) is 56.2 cm³/mol. The highest BCUT2D eigenvalue weighted by Crippen LogP contribution is 2.17. The zero-order valence-corrected chi connectivity index (χ0v) is 9.15. The number of esters is 2. The van der Waals surface area contributed by atoms with E-state index in [1.165, 1.54) is 0 Å². The molecule has 4 heteroatoms. The molecular formula is C12H12O4. The van der Waals surface area contributed by atoms with E-state index in [1.54, 1.807) is 38.1 Å². The minimum absolute atomic E-state index is 0.0516. The van der Waals surface area contributed by atoms with Gasteiger partial charge in [0.25, 0.3) is 0 Å². The van der Waals surface area contributed by atoms with Crippen molar-refractivity contribution in [2.75, 3.05) is 6.61 Å². The Morgan fingerprint density at radius 2 is 1.50 bits per heavy atom. The second kappa shape index (κ2) is 3.63. The lowest BCUT2D eigenvalue weighted by atomic mass is 10.1. The second-order valence-corrected chi connectivity index (χ2v) is 4.30. The third-order valence-corrected chi connectivity index (χ3v) is 2.28. The molecule has 0 atom stereocenters. The lowest BCUT2D eigenvalue weighted by Gasteiger charge is -2.25. The van der Waals surface area contributed by atoms with Gasteiger partial charge in [0.15, 0.2) is 0 Å². The van der Waals surface area contributed by atoms with Crippen LogP contribution in [-0.2, 0) is 9.47 Å². The Balaban J connectivity index is 2.42. The van der Waals surface area contributed by atoms with Crippen LogP contribution in [0.2, 0.25) is 0 Å². The van der Waals surface area contributed by atoms with Crippen molar-refractivity contribution in [2.45, 2.75) is 19.4 Å². The van der Waals surface area contributed by atoms with Crippen LogP contribution in [0.15, 0.2) is 24.3 Å². The molecule has 84 valence electrons. The van der Waals surface area contributed by atoms with Crippen molar-refractivity contribution >= 4 is 11.9 Å². The summed E-state index contributed by atoms with van der Waals surface area (Å²) in [5.41, 5.74) is 0.0696. The summed E-state index contributed by atoms with van der Waals surface area (Å²) in [7, 11) is 0. The number of hydrogen-bond donors (Lipinski definition) is 0.